The van der Waals surface area contributed by atoms with Gasteiger partial charge in [-0.05, 0) is 114 Å². The lowest BCUT2D eigenvalue weighted by Crippen LogP contribution is -2.57. The van der Waals surface area contributed by atoms with E-state index in [0.717, 1.165) is 99.7 Å². The molecule has 5 aromatic carbocycles. The van der Waals surface area contributed by atoms with Crippen molar-refractivity contribution in [1.29, 1.82) is 0 Å². The highest BCUT2D eigenvalue weighted by atomic mass is 16.5. The zero-order valence-corrected chi connectivity index (χ0v) is 36.0. The molecule has 3 saturated heterocycles. The molecule has 0 radical (unpaired) electrons. The van der Waals surface area contributed by atoms with Gasteiger partial charge in [-0.3, -0.25) is 24.7 Å². The first-order chi connectivity index (χ1) is 30.9. The van der Waals surface area contributed by atoms with Gasteiger partial charge in [-0.25, -0.2) is 0 Å². The molecule has 0 saturated carbocycles. The standard InChI is InChI=1S/C53H58N4O6/c58-49-23-22-48(51(59)54-49)57-34-41-32-42(15-20-47(41)52(57)60)56-27-24-53(25-28-56)36-55(29-31-63-53)26-7-30-61-43-16-12-39(13-17-43)50-45(38-10-5-2-6-11-38)19-14-40-33-44(18-21-46(40)50)62-35-37-8-3-1-4-9-37/h1-6,8-13,15-18,20-21,32-33,45,48,50,52,60H,7,14,19,22-31,34-36H2,(H,54,58,59). The lowest BCUT2D eigenvalue weighted by atomic mass is 9.69. The van der Waals surface area contributed by atoms with Crippen LogP contribution in [0.25, 0.3) is 0 Å². The number of rotatable bonds is 12. The van der Waals surface area contributed by atoms with Gasteiger partial charge < -0.3 is 24.2 Å². The Morgan fingerprint density at radius 3 is 2.30 bits per heavy atom. The molecule has 2 amide bonds. The van der Waals surface area contributed by atoms with Crippen molar-refractivity contribution in [3.8, 4) is 11.5 Å². The Balaban J connectivity index is 0.718. The van der Waals surface area contributed by atoms with Crippen LogP contribution in [-0.4, -0.2) is 84.3 Å². The number of aliphatic hydroxyl groups is 1. The largest absolute Gasteiger partial charge is 0.494 e. The van der Waals surface area contributed by atoms with Crippen LogP contribution in [0, 0.1) is 0 Å². The highest BCUT2D eigenvalue weighted by molar-refractivity contribution is 6.00. The molecule has 326 valence electrons. The van der Waals surface area contributed by atoms with E-state index in [-0.39, 0.29) is 23.3 Å². The molecule has 10 rings (SSSR count). The highest BCUT2D eigenvalue weighted by Gasteiger charge is 2.42. The first-order valence-electron chi connectivity index (χ1n) is 23.0. The topological polar surface area (TPSA) is 104 Å². The lowest BCUT2D eigenvalue weighted by molar-refractivity contribution is -0.141. The quantitative estimate of drug-likeness (QED) is 0.0960. The molecule has 1 spiro atoms. The number of fused-ring (bicyclic) bond motifs is 2. The highest BCUT2D eigenvalue weighted by Crippen LogP contribution is 2.47. The molecule has 0 aromatic heterocycles. The third-order valence-corrected chi connectivity index (χ3v) is 14.2. The summed E-state index contributed by atoms with van der Waals surface area (Å²) in [7, 11) is 0. The van der Waals surface area contributed by atoms with Crippen molar-refractivity contribution < 1.29 is 28.9 Å². The number of imide groups is 1. The van der Waals surface area contributed by atoms with Gasteiger partial charge in [-0.2, -0.15) is 0 Å². The van der Waals surface area contributed by atoms with Crippen molar-refractivity contribution in [2.45, 2.75) is 87.8 Å². The molecule has 5 aliphatic rings. The van der Waals surface area contributed by atoms with Crippen LogP contribution in [0.15, 0.2) is 121 Å². The van der Waals surface area contributed by atoms with Crippen LogP contribution in [0.2, 0.25) is 0 Å². The van der Waals surface area contributed by atoms with Crippen LogP contribution in [0.4, 0.5) is 5.69 Å². The second-order valence-electron chi connectivity index (χ2n) is 18.1. The van der Waals surface area contributed by atoms with Crippen LogP contribution in [-0.2, 0) is 33.9 Å². The van der Waals surface area contributed by atoms with E-state index in [1.807, 2.05) is 17.0 Å². The molecule has 2 N–H and O–H groups in total. The van der Waals surface area contributed by atoms with Crippen LogP contribution in [0.5, 0.6) is 11.5 Å². The Hall–Kier alpha value is -5.52. The average molecular weight is 847 g/mol. The summed E-state index contributed by atoms with van der Waals surface area (Å²) in [5, 5.41) is 13.5. The van der Waals surface area contributed by atoms with Crippen molar-refractivity contribution in [3.63, 3.8) is 0 Å². The first-order valence-corrected chi connectivity index (χ1v) is 23.0. The number of nitrogens with zero attached hydrogens (tertiary/aromatic N) is 3. The lowest BCUT2D eigenvalue weighted by Gasteiger charge is -2.48. The Morgan fingerprint density at radius 2 is 1.51 bits per heavy atom. The molecule has 4 heterocycles. The van der Waals surface area contributed by atoms with E-state index in [9.17, 15) is 14.7 Å². The molecule has 4 unspecified atom stereocenters. The number of amides is 2. The summed E-state index contributed by atoms with van der Waals surface area (Å²) in [5.74, 6) is 1.90. The summed E-state index contributed by atoms with van der Waals surface area (Å²) in [6.07, 6.45) is 4.82. The smallest absolute Gasteiger partial charge is 0.244 e. The minimum absolute atomic E-state index is 0.146. The van der Waals surface area contributed by atoms with Crippen LogP contribution < -0.4 is 19.7 Å². The van der Waals surface area contributed by atoms with Gasteiger partial charge in [0.15, 0.2) is 0 Å². The van der Waals surface area contributed by atoms with Gasteiger partial charge in [0.25, 0.3) is 0 Å². The number of hydrogen-bond donors (Lipinski definition) is 2. The molecule has 0 bridgehead atoms. The van der Waals surface area contributed by atoms with Gasteiger partial charge in [0.1, 0.15) is 24.3 Å². The van der Waals surface area contributed by atoms with Crippen LogP contribution >= 0.6 is 0 Å². The number of nitrogens with one attached hydrogen (secondary N) is 1. The molecule has 1 aliphatic carbocycles. The van der Waals surface area contributed by atoms with Crippen molar-refractivity contribution in [2.75, 3.05) is 50.8 Å². The van der Waals surface area contributed by atoms with E-state index < -0.39 is 12.3 Å². The summed E-state index contributed by atoms with van der Waals surface area (Å²) in [4.78, 5) is 31.0. The fourth-order valence-corrected chi connectivity index (χ4v) is 10.9. The molecule has 5 aromatic rings. The third-order valence-electron chi connectivity index (χ3n) is 14.2. The van der Waals surface area contributed by atoms with Crippen molar-refractivity contribution in [1.82, 2.24) is 15.1 Å². The normalized spacial score (nSPS) is 23.5. The summed E-state index contributed by atoms with van der Waals surface area (Å²) in [6.45, 7) is 7.08. The number of piperidine rings is 2. The van der Waals surface area contributed by atoms with Gasteiger partial charge in [0.05, 0.1) is 24.9 Å². The van der Waals surface area contributed by atoms with Gasteiger partial charge in [-0.15, -0.1) is 0 Å². The van der Waals surface area contributed by atoms with Crippen molar-refractivity contribution in [3.05, 3.63) is 160 Å². The Labute approximate surface area is 370 Å². The van der Waals surface area contributed by atoms with E-state index in [1.54, 1.807) is 0 Å². The molecule has 3 fully saturated rings. The second kappa shape index (κ2) is 18.3. The Bertz CT molecular complexity index is 2380. The Morgan fingerprint density at radius 1 is 0.746 bits per heavy atom. The van der Waals surface area contributed by atoms with E-state index >= 15 is 0 Å². The number of ether oxygens (including phenoxy) is 3. The molecule has 4 atom stereocenters. The molecular formula is C53H58N4O6. The van der Waals surface area contributed by atoms with Crippen LogP contribution in [0.3, 0.4) is 0 Å². The van der Waals surface area contributed by atoms with E-state index in [0.29, 0.717) is 38.5 Å². The summed E-state index contributed by atoms with van der Waals surface area (Å²) >= 11 is 0. The van der Waals surface area contributed by atoms with E-state index in [4.69, 9.17) is 14.2 Å². The Kier molecular flexibility index (Phi) is 12.0. The molecular weight excluding hydrogens is 789 g/mol. The number of anilines is 1. The van der Waals surface area contributed by atoms with Crippen LogP contribution in [0.1, 0.15) is 95.5 Å². The number of hydrogen-bond acceptors (Lipinski definition) is 9. The van der Waals surface area contributed by atoms with Gasteiger partial charge in [-0.1, -0.05) is 84.9 Å². The SMILES string of the molecule is O=C1CCC(N2Cc3cc(N4CCC5(CC4)CN(CCCOc4ccc(C6c7ccc(OCc8ccccc8)cc7CCC6c6ccccc6)cc4)CCO5)ccc3C2O)C(=O)N1. The number of benzene rings is 5. The zero-order chi connectivity index (χ0) is 42.8. The molecule has 63 heavy (non-hydrogen) atoms. The van der Waals surface area contributed by atoms with E-state index in [1.165, 1.54) is 27.8 Å². The number of carbonyl (C=O) groups excluding carboxylic acids is 2. The van der Waals surface area contributed by atoms with Crippen molar-refractivity contribution >= 4 is 17.5 Å². The minimum Gasteiger partial charge on any atom is -0.494 e. The second-order valence-corrected chi connectivity index (χ2v) is 18.1. The van der Waals surface area contributed by atoms with Crippen molar-refractivity contribution in [2.24, 2.45) is 0 Å². The fourth-order valence-electron chi connectivity index (χ4n) is 10.9. The molecule has 10 nitrogen and oxygen atoms in total. The number of morpholine rings is 1. The predicted octanol–water partition coefficient (Wildman–Crippen LogP) is 7.88. The fraction of sp³-hybridized carbons (Fsp3) is 0.396. The van der Waals surface area contributed by atoms with E-state index in [2.05, 4.69) is 124 Å². The van der Waals surface area contributed by atoms with Gasteiger partial charge >= 0.3 is 0 Å². The maximum absolute atomic E-state index is 12.6. The summed E-state index contributed by atoms with van der Waals surface area (Å²) in [5.41, 5.74) is 9.49. The van der Waals surface area contributed by atoms with Gasteiger partial charge in [0.2, 0.25) is 11.8 Å². The first kappa shape index (κ1) is 41.5. The third kappa shape index (κ3) is 9.00. The monoisotopic (exact) mass is 846 g/mol. The number of carbonyl (C=O) groups is 2. The summed E-state index contributed by atoms with van der Waals surface area (Å²) in [6, 6.07) is 42.6. The van der Waals surface area contributed by atoms with Gasteiger partial charge in [0, 0.05) is 62.9 Å². The summed E-state index contributed by atoms with van der Waals surface area (Å²) < 4.78 is 19.1. The average Bonchev–Trinajstić information content (AvgIpc) is 3.65. The number of aliphatic hydroxyl groups excluding tert-OH is 1. The zero-order valence-electron chi connectivity index (χ0n) is 36.0. The minimum atomic E-state index is -0.852. The molecule has 10 heteroatoms. The maximum atomic E-state index is 12.6. The predicted molar refractivity (Wildman–Crippen MR) is 243 cm³/mol. The maximum Gasteiger partial charge on any atom is 0.244 e. The number of aryl methyl sites for hydroxylation is 1. The molecule has 4 aliphatic heterocycles.